The van der Waals surface area contributed by atoms with Crippen molar-refractivity contribution < 1.29 is 68.6 Å². The van der Waals surface area contributed by atoms with Gasteiger partial charge in [0.25, 0.3) is 0 Å². The van der Waals surface area contributed by atoms with Gasteiger partial charge in [0.15, 0.2) is 12.6 Å². The lowest BCUT2D eigenvalue weighted by atomic mass is 9.43. The Morgan fingerprint density at radius 2 is 1.66 bits per heavy atom. The molecule has 3 heterocycles. The number of cyclic esters (lactones) is 1. The van der Waals surface area contributed by atoms with Crippen molar-refractivity contribution in [3.05, 3.63) is 11.6 Å². The summed E-state index contributed by atoms with van der Waals surface area (Å²) in [5.41, 5.74) is -0.922. The molecule has 0 aromatic carbocycles. The van der Waals surface area contributed by atoms with Crippen LogP contribution in [0.15, 0.2) is 11.6 Å². The third kappa shape index (κ3) is 5.64. The summed E-state index contributed by atoms with van der Waals surface area (Å²) in [6.07, 6.45) is -3.53. The Bertz CT molecular complexity index is 1310. The van der Waals surface area contributed by atoms with Crippen molar-refractivity contribution in [1.82, 2.24) is 0 Å². The van der Waals surface area contributed by atoms with Crippen molar-refractivity contribution in [2.75, 3.05) is 20.3 Å². The van der Waals surface area contributed by atoms with E-state index in [4.69, 9.17) is 28.4 Å². The molecular formula is C36H54O14. The molecule has 6 fully saturated rings. The van der Waals surface area contributed by atoms with E-state index in [1.165, 1.54) is 7.11 Å². The van der Waals surface area contributed by atoms with Gasteiger partial charge in [-0.25, -0.2) is 4.79 Å². The van der Waals surface area contributed by atoms with Crippen LogP contribution in [0.5, 0.6) is 0 Å². The second-order valence-corrected chi connectivity index (χ2v) is 16.2. The molecule has 0 bridgehead atoms. The molecule has 0 aromatic rings. The van der Waals surface area contributed by atoms with Crippen molar-refractivity contribution >= 4 is 12.3 Å². The largest absolute Gasteiger partial charge is 0.458 e. The van der Waals surface area contributed by atoms with Crippen LogP contribution in [-0.2, 0) is 38.0 Å². The van der Waals surface area contributed by atoms with E-state index in [1.54, 1.807) is 13.0 Å². The van der Waals surface area contributed by atoms with Crippen LogP contribution < -0.4 is 0 Å². The zero-order chi connectivity index (χ0) is 35.7. The molecule has 7 rings (SSSR count). The minimum atomic E-state index is -1.63. The van der Waals surface area contributed by atoms with Crippen molar-refractivity contribution in [2.24, 2.45) is 34.5 Å². The third-order valence-electron chi connectivity index (χ3n) is 14.2. The van der Waals surface area contributed by atoms with E-state index in [9.17, 15) is 40.2 Å². The first-order valence-corrected chi connectivity index (χ1v) is 18.4. The zero-order valence-corrected chi connectivity index (χ0v) is 29.0. The second-order valence-electron chi connectivity index (χ2n) is 16.2. The number of ether oxygens (including phenoxy) is 6. The van der Waals surface area contributed by atoms with Crippen molar-refractivity contribution in [1.29, 1.82) is 0 Å². The summed E-state index contributed by atoms with van der Waals surface area (Å²) in [4.78, 5) is 25.1. The number of esters is 1. The summed E-state index contributed by atoms with van der Waals surface area (Å²) in [7, 11) is 1.40. The van der Waals surface area contributed by atoms with Crippen molar-refractivity contribution in [3.8, 4) is 0 Å². The Hall–Kier alpha value is -1.56. The minimum absolute atomic E-state index is 0.0174. The average molecular weight is 711 g/mol. The molecule has 2 saturated heterocycles. The second kappa shape index (κ2) is 13.7. The number of aliphatic hydroxyl groups is 6. The summed E-state index contributed by atoms with van der Waals surface area (Å²) in [6, 6.07) is 0. The first-order valence-electron chi connectivity index (χ1n) is 18.4. The zero-order valence-electron chi connectivity index (χ0n) is 29.0. The van der Waals surface area contributed by atoms with Gasteiger partial charge in [0, 0.05) is 24.0 Å². The van der Waals surface area contributed by atoms with Crippen LogP contribution in [0.4, 0.5) is 0 Å². The number of hydrogen-bond donors (Lipinski definition) is 6. The van der Waals surface area contributed by atoms with E-state index in [1.807, 2.05) is 0 Å². The van der Waals surface area contributed by atoms with Gasteiger partial charge in [-0.15, -0.1) is 0 Å². The Labute approximate surface area is 292 Å². The Kier molecular flexibility index (Phi) is 10.1. The van der Waals surface area contributed by atoms with Gasteiger partial charge in [-0.3, -0.25) is 0 Å². The minimum Gasteiger partial charge on any atom is -0.458 e. The third-order valence-corrected chi connectivity index (χ3v) is 14.2. The van der Waals surface area contributed by atoms with E-state index >= 15 is 0 Å². The van der Waals surface area contributed by atoms with E-state index in [0.29, 0.717) is 32.3 Å². The fourth-order valence-corrected chi connectivity index (χ4v) is 11.5. The number of methoxy groups -OCH3 is 1. The topological polar surface area (TPSA) is 211 Å². The normalized spacial score (nSPS) is 53.5. The molecule has 14 nitrogen and oxygen atoms in total. The van der Waals surface area contributed by atoms with Crippen molar-refractivity contribution in [3.63, 3.8) is 0 Å². The molecule has 7 aliphatic rings. The number of rotatable bonds is 8. The maximum atomic E-state index is 13.2. The molecule has 0 radical (unpaired) electrons. The fourth-order valence-electron chi connectivity index (χ4n) is 11.5. The predicted molar refractivity (Wildman–Crippen MR) is 171 cm³/mol. The molecule has 0 aromatic heterocycles. The summed E-state index contributed by atoms with van der Waals surface area (Å²) < 4.78 is 34.9. The molecule has 14 heteroatoms. The van der Waals surface area contributed by atoms with Gasteiger partial charge in [-0.2, -0.15) is 0 Å². The molecule has 0 unspecified atom stereocenters. The number of carbonyl (C=O) groups is 2. The van der Waals surface area contributed by atoms with Gasteiger partial charge in [-0.05, 0) is 94.0 Å². The van der Waals surface area contributed by atoms with Gasteiger partial charge in [0.05, 0.1) is 24.4 Å². The Balaban J connectivity index is 1.01. The highest BCUT2D eigenvalue weighted by Crippen LogP contribution is 2.69. The van der Waals surface area contributed by atoms with Gasteiger partial charge in [0.1, 0.15) is 55.6 Å². The van der Waals surface area contributed by atoms with Gasteiger partial charge < -0.3 is 63.9 Å². The van der Waals surface area contributed by atoms with Crippen molar-refractivity contribution in [2.45, 2.75) is 145 Å². The smallest absolute Gasteiger partial charge is 0.331 e. The van der Waals surface area contributed by atoms with Gasteiger partial charge in [0.2, 0.25) is 0 Å². The predicted octanol–water partition coefficient (Wildman–Crippen LogP) is 0.113. The first kappa shape index (κ1) is 36.8. The SMILES string of the molecule is CO[C@@H]1[C@H](O)[C@H](O[C@@H]2CC[C@]3(C=O)[C@H](CC[C@@H]4[C@@H]3CC[C@@]3(C)[C@@H](C5=CC(=O)OC5)CC[C@]43O)C2)O[C@H](C)[C@@H]1O[C@H]1O[C@@H](CO)[C@@H](O)[C@@H](O)[C@H]1O. The molecular weight excluding hydrogens is 656 g/mol. The maximum absolute atomic E-state index is 13.2. The highest BCUT2D eigenvalue weighted by molar-refractivity contribution is 5.85. The standard InChI is InChI=1S/C36H54O14/c1-17-30(50-32-28(42)27(41)26(40)24(14-37)49-32)31(45-3)29(43)33(47-17)48-20-6-10-35(16-38)19(13-20)4-5-23-22(35)7-9-34(2)21(8-11-36(23,34)44)18-12-25(39)46-15-18/h12,16-17,19-24,26-33,37,40-44H,4-11,13-15H2,1-3H3/t17-,19-,20-,21-,22+,23-,24+,26-,27-,28-,29+,30+,31-,32-,33+,34+,35+,36+/m1/s1. The highest BCUT2D eigenvalue weighted by Gasteiger charge is 2.69. The van der Waals surface area contributed by atoms with Crippen LogP contribution in [0, 0.1) is 34.5 Å². The van der Waals surface area contributed by atoms with E-state index in [-0.39, 0.29) is 35.7 Å². The molecule has 18 atom stereocenters. The fraction of sp³-hybridized carbons (Fsp3) is 0.889. The first-order chi connectivity index (χ1) is 23.8. The lowest BCUT2D eigenvalue weighted by Crippen LogP contribution is -2.65. The Morgan fingerprint density at radius 1 is 0.900 bits per heavy atom. The molecule has 4 aliphatic carbocycles. The van der Waals surface area contributed by atoms with Crippen LogP contribution in [0.1, 0.15) is 71.6 Å². The Morgan fingerprint density at radius 3 is 2.34 bits per heavy atom. The van der Waals surface area contributed by atoms with Gasteiger partial charge in [-0.1, -0.05) is 6.92 Å². The lowest BCUT2D eigenvalue weighted by molar-refractivity contribution is -0.362. The molecule has 3 aliphatic heterocycles. The summed E-state index contributed by atoms with van der Waals surface area (Å²) >= 11 is 0. The molecule has 282 valence electrons. The lowest BCUT2D eigenvalue weighted by Gasteiger charge is -2.63. The quantitative estimate of drug-likeness (QED) is 0.112. The monoisotopic (exact) mass is 710 g/mol. The molecule has 0 amide bonds. The van der Waals surface area contributed by atoms with E-state index in [2.05, 4.69) is 6.92 Å². The summed E-state index contributed by atoms with van der Waals surface area (Å²) in [5.74, 6) is -0.159. The van der Waals surface area contributed by atoms with E-state index < -0.39 is 84.4 Å². The van der Waals surface area contributed by atoms with E-state index in [0.717, 1.165) is 44.0 Å². The number of carbonyl (C=O) groups excluding carboxylic acids is 2. The van der Waals surface area contributed by atoms with Crippen LogP contribution in [0.2, 0.25) is 0 Å². The molecule has 4 saturated carbocycles. The van der Waals surface area contributed by atoms with Crippen LogP contribution in [0.25, 0.3) is 0 Å². The number of fused-ring (bicyclic) bond motifs is 5. The molecule has 0 spiro atoms. The van der Waals surface area contributed by atoms with Crippen LogP contribution in [0.3, 0.4) is 0 Å². The number of hydrogen-bond acceptors (Lipinski definition) is 14. The number of aliphatic hydroxyl groups excluding tert-OH is 5. The molecule has 50 heavy (non-hydrogen) atoms. The summed E-state index contributed by atoms with van der Waals surface area (Å²) in [5, 5.41) is 64.3. The average Bonchev–Trinajstić information content (AvgIpc) is 3.65. The molecule has 6 N–H and O–H groups in total. The highest BCUT2D eigenvalue weighted by atomic mass is 16.7. The maximum Gasteiger partial charge on any atom is 0.331 e. The van der Waals surface area contributed by atoms with Crippen LogP contribution in [-0.4, -0.2) is 136 Å². The summed E-state index contributed by atoms with van der Waals surface area (Å²) in [6.45, 7) is 3.55. The van der Waals surface area contributed by atoms with Gasteiger partial charge >= 0.3 is 5.97 Å². The van der Waals surface area contributed by atoms with Crippen LogP contribution >= 0.6 is 0 Å². The number of aldehydes is 1.